The molecular weight excluding hydrogens is 372 g/mol. The van der Waals surface area contributed by atoms with Crippen molar-refractivity contribution in [2.24, 2.45) is 5.92 Å². The fourth-order valence-corrected chi connectivity index (χ4v) is 3.74. The molecule has 1 saturated heterocycles. The van der Waals surface area contributed by atoms with Crippen molar-refractivity contribution in [3.05, 3.63) is 48.8 Å². The van der Waals surface area contributed by atoms with Crippen LogP contribution in [0.3, 0.4) is 0 Å². The Morgan fingerprint density at radius 3 is 2.83 bits per heavy atom. The van der Waals surface area contributed by atoms with Crippen molar-refractivity contribution in [2.75, 3.05) is 26.3 Å². The van der Waals surface area contributed by atoms with Gasteiger partial charge in [-0.3, -0.25) is 4.79 Å². The number of nitrogens with zero attached hydrogens (tertiary/aromatic N) is 4. The van der Waals surface area contributed by atoms with Gasteiger partial charge in [0.2, 0.25) is 12.0 Å². The van der Waals surface area contributed by atoms with Crippen LogP contribution >= 0.6 is 0 Å². The number of imidazole rings is 1. The molecule has 1 unspecified atom stereocenters. The quantitative estimate of drug-likeness (QED) is 0.675. The maximum Gasteiger partial charge on any atom is 0.267 e. The highest BCUT2D eigenvalue weighted by molar-refractivity contribution is 5.82. The Hall–Kier alpha value is -3.29. The van der Waals surface area contributed by atoms with Crippen LogP contribution in [0.1, 0.15) is 12.8 Å². The Balaban J connectivity index is 1.12. The second kappa shape index (κ2) is 7.62. The van der Waals surface area contributed by atoms with E-state index in [9.17, 15) is 4.79 Å². The lowest BCUT2D eigenvalue weighted by Crippen LogP contribution is -2.49. The zero-order valence-electron chi connectivity index (χ0n) is 15.9. The topological polar surface area (TPSA) is 78.2 Å². The van der Waals surface area contributed by atoms with E-state index in [1.165, 1.54) is 0 Å². The van der Waals surface area contributed by atoms with Crippen LogP contribution < -0.4 is 14.2 Å². The molecule has 8 nitrogen and oxygen atoms in total. The molecule has 0 N–H and O–H groups in total. The molecule has 1 atom stereocenters. The molecule has 5 rings (SSSR count). The highest BCUT2D eigenvalue weighted by Crippen LogP contribution is 2.31. The number of hydrogen-bond acceptors (Lipinski definition) is 6. The van der Waals surface area contributed by atoms with Gasteiger partial charge in [0.25, 0.3) is 5.91 Å². The molecule has 1 amide bonds. The van der Waals surface area contributed by atoms with Crippen LogP contribution in [0, 0.1) is 5.92 Å². The third kappa shape index (κ3) is 3.70. The normalized spacial score (nSPS) is 19.3. The zero-order valence-corrected chi connectivity index (χ0v) is 15.9. The molecule has 3 aromatic rings. The van der Waals surface area contributed by atoms with Crippen molar-refractivity contribution < 1.29 is 19.0 Å². The molecule has 0 spiro atoms. The minimum absolute atomic E-state index is 0.00824. The van der Waals surface area contributed by atoms with E-state index < -0.39 is 6.10 Å². The number of aromatic nitrogens is 3. The molecule has 1 aromatic carbocycles. The lowest BCUT2D eigenvalue weighted by Gasteiger charge is -2.35. The standard InChI is InChI=1S/C21H22N4O4/c26-21(18-14-27-16-3-1-2-4-17(16)29-18)24-10-7-15(8-11-24)13-28-20-6-5-19-22-9-12-25(19)23-20/h1-6,9,12,15,18H,7-8,10-11,13-14H2. The molecule has 2 aliphatic rings. The molecule has 2 aliphatic heterocycles. The lowest BCUT2D eigenvalue weighted by atomic mass is 9.97. The average Bonchev–Trinajstić information content (AvgIpc) is 3.25. The number of hydrogen-bond donors (Lipinski definition) is 0. The van der Waals surface area contributed by atoms with Crippen LogP contribution in [0.5, 0.6) is 17.4 Å². The van der Waals surface area contributed by atoms with Crippen molar-refractivity contribution in [3.63, 3.8) is 0 Å². The van der Waals surface area contributed by atoms with Gasteiger partial charge in [-0.1, -0.05) is 12.1 Å². The Kier molecular flexibility index (Phi) is 4.67. The maximum atomic E-state index is 12.8. The van der Waals surface area contributed by atoms with Crippen molar-refractivity contribution in [1.29, 1.82) is 0 Å². The molecule has 0 radical (unpaired) electrons. The summed E-state index contributed by atoms with van der Waals surface area (Å²) in [6.45, 7) is 2.23. The molecule has 150 valence electrons. The van der Waals surface area contributed by atoms with E-state index >= 15 is 0 Å². The number of para-hydroxylation sites is 2. The number of carbonyl (C=O) groups excluding carboxylic acids is 1. The van der Waals surface area contributed by atoms with E-state index in [1.54, 1.807) is 16.9 Å². The van der Waals surface area contributed by atoms with Gasteiger partial charge in [0, 0.05) is 31.5 Å². The number of fused-ring (bicyclic) bond motifs is 2. The summed E-state index contributed by atoms with van der Waals surface area (Å²) in [4.78, 5) is 18.9. The molecule has 2 aromatic heterocycles. The van der Waals surface area contributed by atoms with Gasteiger partial charge in [-0.25, -0.2) is 9.50 Å². The molecular formula is C21H22N4O4. The van der Waals surface area contributed by atoms with Gasteiger partial charge in [-0.05, 0) is 37.0 Å². The number of amides is 1. The van der Waals surface area contributed by atoms with Crippen molar-refractivity contribution in [1.82, 2.24) is 19.5 Å². The summed E-state index contributed by atoms with van der Waals surface area (Å²) in [5.74, 6) is 2.28. The Morgan fingerprint density at radius 1 is 1.14 bits per heavy atom. The first-order chi connectivity index (χ1) is 14.3. The largest absolute Gasteiger partial charge is 0.485 e. The third-order valence-electron chi connectivity index (χ3n) is 5.41. The predicted molar refractivity (Wildman–Crippen MR) is 104 cm³/mol. The molecule has 1 fully saturated rings. The minimum atomic E-state index is -0.580. The van der Waals surface area contributed by atoms with Crippen LogP contribution in [0.25, 0.3) is 5.65 Å². The number of carbonyl (C=O) groups is 1. The van der Waals surface area contributed by atoms with Gasteiger partial charge in [-0.15, -0.1) is 5.10 Å². The molecule has 0 saturated carbocycles. The summed E-state index contributed by atoms with van der Waals surface area (Å²) in [6.07, 6.45) is 4.70. The predicted octanol–water partition coefficient (Wildman–Crippen LogP) is 2.19. The van der Waals surface area contributed by atoms with Crippen molar-refractivity contribution >= 4 is 11.6 Å². The van der Waals surface area contributed by atoms with E-state index in [-0.39, 0.29) is 12.5 Å². The number of rotatable bonds is 4. The Morgan fingerprint density at radius 2 is 1.97 bits per heavy atom. The van der Waals surface area contributed by atoms with Crippen LogP contribution in [-0.2, 0) is 4.79 Å². The first-order valence-electron chi connectivity index (χ1n) is 9.87. The van der Waals surface area contributed by atoms with Crippen LogP contribution in [0.15, 0.2) is 48.8 Å². The summed E-state index contributed by atoms with van der Waals surface area (Å²) in [7, 11) is 0. The first kappa shape index (κ1) is 17.8. The highest BCUT2D eigenvalue weighted by Gasteiger charge is 2.33. The van der Waals surface area contributed by atoms with Gasteiger partial charge in [0.1, 0.15) is 6.61 Å². The maximum absolute atomic E-state index is 12.8. The van der Waals surface area contributed by atoms with Crippen LogP contribution in [0.4, 0.5) is 0 Å². The smallest absolute Gasteiger partial charge is 0.267 e. The fraction of sp³-hybridized carbons (Fsp3) is 0.381. The molecule has 0 aliphatic carbocycles. The number of ether oxygens (including phenoxy) is 3. The summed E-state index contributed by atoms with van der Waals surface area (Å²) in [5.41, 5.74) is 0.792. The summed E-state index contributed by atoms with van der Waals surface area (Å²) >= 11 is 0. The molecule has 8 heteroatoms. The highest BCUT2D eigenvalue weighted by atomic mass is 16.6. The zero-order chi connectivity index (χ0) is 19.6. The number of benzene rings is 1. The van der Waals surface area contributed by atoms with Crippen LogP contribution in [-0.4, -0.2) is 57.8 Å². The monoisotopic (exact) mass is 394 g/mol. The van der Waals surface area contributed by atoms with Gasteiger partial charge in [-0.2, -0.15) is 0 Å². The average molecular weight is 394 g/mol. The Bertz CT molecular complexity index is 1010. The third-order valence-corrected chi connectivity index (χ3v) is 5.41. The Labute approximate surface area is 168 Å². The van der Waals surface area contributed by atoms with E-state index in [0.29, 0.717) is 43.0 Å². The van der Waals surface area contributed by atoms with E-state index in [4.69, 9.17) is 14.2 Å². The van der Waals surface area contributed by atoms with Gasteiger partial charge < -0.3 is 19.1 Å². The summed E-state index contributed by atoms with van der Waals surface area (Å²) in [6, 6.07) is 11.2. The number of piperidine rings is 1. The number of likely N-dealkylation sites (tertiary alicyclic amines) is 1. The second-order valence-electron chi connectivity index (χ2n) is 7.35. The van der Waals surface area contributed by atoms with E-state index in [2.05, 4.69) is 10.1 Å². The van der Waals surface area contributed by atoms with Gasteiger partial charge >= 0.3 is 0 Å². The molecule has 4 heterocycles. The van der Waals surface area contributed by atoms with Crippen molar-refractivity contribution in [3.8, 4) is 17.4 Å². The van der Waals surface area contributed by atoms with Gasteiger partial charge in [0.15, 0.2) is 17.1 Å². The van der Waals surface area contributed by atoms with Crippen molar-refractivity contribution in [2.45, 2.75) is 18.9 Å². The summed E-state index contributed by atoms with van der Waals surface area (Å²) < 4.78 is 19.1. The SMILES string of the molecule is O=C(C1COc2ccccc2O1)N1CCC(COc2ccc3nccn3n2)CC1. The first-order valence-corrected chi connectivity index (χ1v) is 9.87. The lowest BCUT2D eigenvalue weighted by molar-refractivity contribution is -0.142. The fourth-order valence-electron chi connectivity index (χ4n) is 3.74. The molecule has 29 heavy (non-hydrogen) atoms. The summed E-state index contributed by atoms with van der Waals surface area (Å²) in [5, 5.41) is 4.38. The van der Waals surface area contributed by atoms with E-state index in [0.717, 1.165) is 18.5 Å². The second-order valence-corrected chi connectivity index (χ2v) is 7.35. The molecule has 0 bridgehead atoms. The van der Waals surface area contributed by atoms with Crippen LogP contribution in [0.2, 0.25) is 0 Å². The van der Waals surface area contributed by atoms with E-state index in [1.807, 2.05) is 41.3 Å². The van der Waals surface area contributed by atoms with Gasteiger partial charge in [0.05, 0.1) is 6.61 Å². The minimum Gasteiger partial charge on any atom is -0.485 e.